The van der Waals surface area contributed by atoms with Crippen molar-refractivity contribution < 1.29 is 0 Å². The second-order valence-corrected chi connectivity index (χ2v) is 7.49. The molecule has 2 N–H and O–H groups in total. The molecule has 5 nitrogen and oxygen atoms in total. The van der Waals surface area contributed by atoms with Gasteiger partial charge in [-0.15, -0.1) is 11.3 Å². The number of hydrogen-bond acceptors (Lipinski definition) is 4. The molecule has 0 radical (unpaired) electrons. The maximum atomic E-state index is 6.11. The molecule has 0 aliphatic carbocycles. The van der Waals surface area contributed by atoms with Crippen molar-refractivity contribution in [1.29, 1.82) is 0 Å². The zero-order chi connectivity index (χ0) is 17.6. The van der Waals surface area contributed by atoms with Gasteiger partial charge >= 0.3 is 0 Å². The lowest BCUT2D eigenvalue weighted by Crippen LogP contribution is -2.44. The normalized spacial score (nSPS) is 17.8. The predicted molar refractivity (Wildman–Crippen MR) is 107 cm³/mol. The average Bonchev–Trinajstić information content (AvgIpc) is 3.22. The number of anilines is 1. The van der Waals surface area contributed by atoms with Crippen LogP contribution in [0.15, 0.2) is 34.8 Å². The molecule has 2 heterocycles. The Bertz CT molecular complexity index is 730. The van der Waals surface area contributed by atoms with Crippen LogP contribution in [0.25, 0.3) is 0 Å². The van der Waals surface area contributed by atoms with Gasteiger partial charge in [0.2, 0.25) is 0 Å². The molecule has 1 aromatic carbocycles. The number of rotatable bonds is 5. The summed E-state index contributed by atoms with van der Waals surface area (Å²) >= 11 is 7.77. The number of benzene rings is 1. The lowest BCUT2D eigenvalue weighted by atomic mass is 10.2. The molecular weight excluding hydrogens is 354 g/mol. The second kappa shape index (κ2) is 8.54. The number of halogens is 1. The average molecular weight is 378 g/mol. The van der Waals surface area contributed by atoms with Crippen LogP contribution in [-0.4, -0.2) is 36.6 Å². The predicted octanol–water partition coefficient (Wildman–Crippen LogP) is 3.44. The molecule has 0 saturated carbocycles. The number of guanidine groups is 1. The van der Waals surface area contributed by atoms with Crippen molar-refractivity contribution >= 4 is 34.6 Å². The minimum atomic E-state index is 0.374. The van der Waals surface area contributed by atoms with E-state index >= 15 is 0 Å². The van der Waals surface area contributed by atoms with Crippen molar-refractivity contribution in [2.75, 3.05) is 24.5 Å². The standard InChI is InChI=1S/C18H24ClN5S/c1-3-20-18(21-10-17-13(2)22-12-25-17)23-15-7-8-24(11-15)16-6-4-5-14(19)9-16/h4-6,9,12,15H,3,7-8,10-11H2,1-2H3,(H2,20,21,23). The van der Waals surface area contributed by atoms with E-state index in [9.17, 15) is 0 Å². The largest absolute Gasteiger partial charge is 0.369 e. The first-order chi connectivity index (χ1) is 12.2. The van der Waals surface area contributed by atoms with Crippen molar-refractivity contribution in [2.24, 2.45) is 4.99 Å². The van der Waals surface area contributed by atoms with Crippen LogP contribution in [-0.2, 0) is 6.54 Å². The highest BCUT2D eigenvalue weighted by Crippen LogP contribution is 2.23. The summed E-state index contributed by atoms with van der Waals surface area (Å²) in [4.78, 5) is 12.6. The monoisotopic (exact) mass is 377 g/mol. The van der Waals surface area contributed by atoms with E-state index < -0.39 is 0 Å². The highest BCUT2D eigenvalue weighted by atomic mass is 35.5. The van der Waals surface area contributed by atoms with E-state index in [4.69, 9.17) is 16.6 Å². The third-order valence-corrected chi connectivity index (χ3v) is 5.43. The van der Waals surface area contributed by atoms with Gasteiger partial charge in [0.25, 0.3) is 0 Å². The van der Waals surface area contributed by atoms with E-state index in [0.717, 1.165) is 42.7 Å². The molecule has 1 saturated heterocycles. The van der Waals surface area contributed by atoms with E-state index in [1.165, 1.54) is 10.6 Å². The fourth-order valence-electron chi connectivity index (χ4n) is 2.93. The van der Waals surface area contributed by atoms with E-state index in [1.807, 2.05) is 30.6 Å². The molecule has 1 unspecified atom stereocenters. The SMILES string of the molecule is CCNC(=NCc1scnc1C)NC1CCN(c2cccc(Cl)c2)C1. The summed E-state index contributed by atoms with van der Waals surface area (Å²) in [6.07, 6.45) is 1.08. The minimum absolute atomic E-state index is 0.374. The Balaban J connectivity index is 1.60. The second-order valence-electron chi connectivity index (χ2n) is 6.11. The fraction of sp³-hybridized carbons (Fsp3) is 0.444. The zero-order valence-electron chi connectivity index (χ0n) is 14.6. The summed E-state index contributed by atoms with van der Waals surface area (Å²) in [7, 11) is 0. The highest BCUT2D eigenvalue weighted by Gasteiger charge is 2.23. The van der Waals surface area contributed by atoms with Gasteiger partial charge in [-0.1, -0.05) is 17.7 Å². The first kappa shape index (κ1) is 18.0. The quantitative estimate of drug-likeness (QED) is 0.619. The number of nitrogens with one attached hydrogen (secondary N) is 2. The molecule has 1 aliphatic heterocycles. The maximum absolute atomic E-state index is 6.11. The van der Waals surface area contributed by atoms with Crippen molar-refractivity contribution in [2.45, 2.75) is 32.9 Å². The van der Waals surface area contributed by atoms with Gasteiger partial charge in [-0.3, -0.25) is 0 Å². The molecule has 1 fully saturated rings. The number of nitrogens with zero attached hydrogens (tertiary/aromatic N) is 3. The third kappa shape index (κ3) is 4.86. The van der Waals surface area contributed by atoms with E-state index in [2.05, 4.69) is 33.5 Å². The number of hydrogen-bond donors (Lipinski definition) is 2. The minimum Gasteiger partial charge on any atom is -0.369 e. The van der Waals surface area contributed by atoms with Crippen LogP contribution in [0.4, 0.5) is 5.69 Å². The summed E-state index contributed by atoms with van der Waals surface area (Å²) in [5.41, 5.74) is 4.12. The van der Waals surface area contributed by atoms with Crippen molar-refractivity contribution in [1.82, 2.24) is 15.6 Å². The van der Waals surface area contributed by atoms with Gasteiger partial charge in [0.05, 0.1) is 17.7 Å². The van der Waals surface area contributed by atoms with Gasteiger partial charge in [0.1, 0.15) is 0 Å². The Kier molecular flexibility index (Phi) is 6.15. The first-order valence-electron chi connectivity index (χ1n) is 8.60. The van der Waals surface area contributed by atoms with Crippen LogP contribution in [0.5, 0.6) is 0 Å². The molecule has 1 atom stereocenters. The van der Waals surface area contributed by atoms with Crippen LogP contribution in [0.2, 0.25) is 5.02 Å². The Morgan fingerprint density at radius 2 is 2.36 bits per heavy atom. The van der Waals surface area contributed by atoms with Gasteiger partial charge in [-0.25, -0.2) is 9.98 Å². The van der Waals surface area contributed by atoms with Crippen LogP contribution in [0, 0.1) is 6.92 Å². The lowest BCUT2D eigenvalue weighted by Gasteiger charge is -2.20. The van der Waals surface area contributed by atoms with E-state index in [-0.39, 0.29) is 0 Å². The number of aliphatic imine (C=N–C) groups is 1. The van der Waals surface area contributed by atoms with Gasteiger partial charge in [0, 0.05) is 41.3 Å². The van der Waals surface area contributed by atoms with Crippen LogP contribution in [0.1, 0.15) is 23.9 Å². The maximum Gasteiger partial charge on any atom is 0.191 e. The van der Waals surface area contributed by atoms with Crippen molar-refractivity contribution in [3.05, 3.63) is 45.4 Å². The molecule has 7 heteroatoms. The molecule has 0 amide bonds. The molecule has 25 heavy (non-hydrogen) atoms. The van der Waals surface area contributed by atoms with Gasteiger partial charge < -0.3 is 15.5 Å². The Labute approximate surface area is 158 Å². The molecule has 134 valence electrons. The van der Waals surface area contributed by atoms with Crippen LogP contribution in [0.3, 0.4) is 0 Å². The summed E-state index contributed by atoms with van der Waals surface area (Å²) in [6.45, 7) is 7.59. The van der Waals surface area contributed by atoms with Gasteiger partial charge in [0.15, 0.2) is 5.96 Å². The van der Waals surface area contributed by atoms with E-state index in [0.29, 0.717) is 12.6 Å². The smallest absolute Gasteiger partial charge is 0.191 e. The third-order valence-electron chi connectivity index (χ3n) is 4.27. The van der Waals surface area contributed by atoms with Crippen molar-refractivity contribution in [3.63, 3.8) is 0 Å². The lowest BCUT2D eigenvalue weighted by molar-refractivity contribution is 0.649. The van der Waals surface area contributed by atoms with Gasteiger partial charge in [-0.2, -0.15) is 0 Å². The van der Waals surface area contributed by atoms with Crippen LogP contribution < -0.4 is 15.5 Å². The van der Waals surface area contributed by atoms with Crippen LogP contribution >= 0.6 is 22.9 Å². The zero-order valence-corrected chi connectivity index (χ0v) is 16.2. The number of thiazole rings is 1. The Hall–Kier alpha value is -1.79. The topological polar surface area (TPSA) is 52.6 Å². The van der Waals surface area contributed by atoms with Crippen molar-refractivity contribution in [3.8, 4) is 0 Å². The summed E-state index contributed by atoms with van der Waals surface area (Å²) in [5, 5.41) is 7.68. The van der Waals surface area contributed by atoms with Gasteiger partial charge in [-0.05, 0) is 38.5 Å². The molecule has 0 bridgehead atoms. The molecule has 1 aliphatic rings. The summed E-state index contributed by atoms with van der Waals surface area (Å²) in [5.74, 6) is 0.869. The first-order valence-corrected chi connectivity index (χ1v) is 9.85. The van der Waals surface area contributed by atoms with E-state index in [1.54, 1.807) is 11.3 Å². The highest BCUT2D eigenvalue weighted by molar-refractivity contribution is 7.09. The molecule has 2 aromatic rings. The molecule has 1 aromatic heterocycles. The number of aromatic nitrogens is 1. The Morgan fingerprint density at radius 3 is 3.08 bits per heavy atom. The molecular formula is C18H24ClN5S. The number of aryl methyl sites for hydroxylation is 1. The Morgan fingerprint density at radius 1 is 1.48 bits per heavy atom. The fourth-order valence-corrected chi connectivity index (χ4v) is 3.81. The summed E-state index contributed by atoms with van der Waals surface area (Å²) in [6, 6.07) is 8.42. The summed E-state index contributed by atoms with van der Waals surface area (Å²) < 4.78 is 0. The molecule has 0 spiro atoms. The molecule has 3 rings (SSSR count).